The van der Waals surface area contributed by atoms with Crippen LogP contribution in [0.3, 0.4) is 0 Å². The highest BCUT2D eigenvalue weighted by Gasteiger charge is 2.18. The van der Waals surface area contributed by atoms with Gasteiger partial charge in [-0.15, -0.1) is 0 Å². The Morgan fingerprint density at radius 1 is 1.16 bits per heavy atom. The summed E-state index contributed by atoms with van der Waals surface area (Å²) >= 11 is 0. The zero-order valence-corrected chi connectivity index (χ0v) is 15.2. The first-order valence-corrected chi connectivity index (χ1v) is 9.33. The van der Waals surface area contributed by atoms with Crippen LogP contribution < -0.4 is 10.0 Å². The van der Waals surface area contributed by atoms with Gasteiger partial charge in [0.1, 0.15) is 0 Å². The van der Waals surface area contributed by atoms with Crippen LogP contribution in [0.15, 0.2) is 47.4 Å². The molecule has 134 valence electrons. The largest absolute Gasteiger partial charge is 0.394 e. The van der Waals surface area contributed by atoms with Crippen molar-refractivity contribution >= 4 is 21.6 Å². The third-order valence-electron chi connectivity index (χ3n) is 3.66. The molecule has 25 heavy (non-hydrogen) atoms. The number of rotatable bonds is 6. The first kappa shape index (κ1) is 19.0. The first-order chi connectivity index (χ1) is 11.7. The molecule has 0 aliphatic heterocycles. The lowest BCUT2D eigenvalue weighted by atomic mass is 10.2. The fraction of sp³-hybridized carbons (Fsp3) is 0.278. The van der Waals surface area contributed by atoms with E-state index in [-0.39, 0.29) is 23.5 Å². The number of hydrogen-bond acceptors (Lipinski definition) is 4. The number of nitrogens with one attached hydrogen (secondary N) is 2. The Morgan fingerprint density at radius 3 is 2.56 bits per heavy atom. The lowest BCUT2D eigenvalue weighted by Crippen LogP contribution is -2.35. The third-order valence-corrected chi connectivity index (χ3v) is 5.18. The average Bonchev–Trinajstić information content (AvgIpc) is 2.56. The summed E-state index contributed by atoms with van der Waals surface area (Å²) in [5.74, 6) is -0.380. The van der Waals surface area contributed by atoms with Crippen molar-refractivity contribution in [3.8, 4) is 0 Å². The van der Waals surface area contributed by atoms with Crippen molar-refractivity contribution in [1.82, 2.24) is 5.32 Å². The van der Waals surface area contributed by atoms with Crippen molar-refractivity contribution in [3.05, 3.63) is 59.2 Å². The lowest BCUT2D eigenvalue weighted by Gasteiger charge is -2.13. The molecule has 0 radical (unpaired) electrons. The van der Waals surface area contributed by atoms with Gasteiger partial charge in [0.15, 0.2) is 0 Å². The van der Waals surface area contributed by atoms with Crippen LogP contribution in [0.2, 0.25) is 0 Å². The van der Waals surface area contributed by atoms with Crippen LogP contribution in [0.5, 0.6) is 0 Å². The standard InChI is InChI=1S/C18H22N2O4S/c1-12-7-8-13(2)17(9-12)25(23,24)20-16-6-4-5-15(10-16)18(22)19-14(3)11-21/h4-10,14,20-21H,11H2,1-3H3,(H,19,22)/t14-/m1/s1. The molecule has 0 aliphatic carbocycles. The molecule has 6 nitrogen and oxygen atoms in total. The molecule has 1 atom stereocenters. The molecule has 3 N–H and O–H groups in total. The van der Waals surface area contributed by atoms with Crippen molar-refractivity contribution in [2.75, 3.05) is 11.3 Å². The Hall–Kier alpha value is -2.38. The minimum Gasteiger partial charge on any atom is -0.394 e. The zero-order valence-electron chi connectivity index (χ0n) is 14.4. The van der Waals surface area contributed by atoms with Gasteiger partial charge in [0, 0.05) is 17.3 Å². The number of benzene rings is 2. The highest BCUT2D eigenvalue weighted by atomic mass is 32.2. The van der Waals surface area contributed by atoms with Crippen LogP contribution in [0.1, 0.15) is 28.4 Å². The molecule has 0 aromatic heterocycles. The number of hydrogen-bond donors (Lipinski definition) is 3. The summed E-state index contributed by atoms with van der Waals surface area (Å²) in [6, 6.07) is 11.0. The first-order valence-electron chi connectivity index (χ1n) is 7.85. The third kappa shape index (κ3) is 4.80. The van der Waals surface area contributed by atoms with Gasteiger partial charge in [0.2, 0.25) is 0 Å². The van der Waals surface area contributed by atoms with E-state index in [1.165, 1.54) is 6.07 Å². The van der Waals surface area contributed by atoms with Gasteiger partial charge in [0.05, 0.1) is 11.5 Å². The van der Waals surface area contributed by atoms with Crippen molar-refractivity contribution in [2.45, 2.75) is 31.7 Å². The highest BCUT2D eigenvalue weighted by Crippen LogP contribution is 2.21. The quantitative estimate of drug-likeness (QED) is 0.734. The molecule has 0 bridgehead atoms. The molecule has 0 saturated carbocycles. The molecule has 0 aliphatic rings. The van der Waals surface area contributed by atoms with Gasteiger partial charge in [-0.25, -0.2) is 8.42 Å². The second-order valence-electron chi connectivity index (χ2n) is 6.01. The summed E-state index contributed by atoms with van der Waals surface area (Å²) in [5.41, 5.74) is 2.09. The van der Waals surface area contributed by atoms with E-state index in [4.69, 9.17) is 5.11 Å². The van der Waals surface area contributed by atoms with Gasteiger partial charge in [-0.3, -0.25) is 9.52 Å². The van der Waals surface area contributed by atoms with Gasteiger partial charge in [-0.2, -0.15) is 0 Å². The van der Waals surface area contributed by atoms with Gasteiger partial charge < -0.3 is 10.4 Å². The number of carbonyl (C=O) groups excluding carboxylic acids is 1. The highest BCUT2D eigenvalue weighted by molar-refractivity contribution is 7.92. The van der Waals surface area contributed by atoms with E-state index < -0.39 is 10.0 Å². The Kier molecular flexibility index (Phi) is 5.81. The molecule has 0 fully saturated rings. The number of amides is 1. The summed E-state index contributed by atoms with van der Waals surface area (Å²) in [4.78, 5) is 12.3. The molecule has 2 aromatic rings. The Labute approximate surface area is 147 Å². The number of aliphatic hydroxyl groups is 1. The molecular weight excluding hydrogens is 340 g/mol. The molecule has 1 amide bonds. The fourth-order valence-corrected chi connectivity index (χ4v) is 3.66. The molecule has 0 spiro atoms. The van der Waals surface area contributed by atoms with E-state index in [1.807, 2.05) is 13.0 Å². The maximum absolute atomic E-state index is 12.6. The van der Waals surface area contributed by atoms with E-state index in [9.17, 15) is 13.2 Å². The smallest absolute Gasteiger partial charge is 0.262 e. The minimum atomic E-state index is -3.76. The van der Waals surface area contributed by atoms with E-state index >= 15 is 0 Å². The summed E-state index contributed by atoms with van der Waals surface area (Å²) in [6.07, 6.45) is 0. The van der Waals surface area contributed by atoms with Crippen molar-refractivity contribution < 1.29 is 18.3 Å². The molecular formula is C18H22N2O4S. The van der Waals surface area contributed by atoms with E-state index in [2.05, 4.69) is 10.0 Å². The molecule has 0 saturated heterocycles. The number of aliphatic hydroxyl groups excluding tert-OH is 1. The number of anilines is 1. The van der Waals surface area contributed by atoms with Gasteiger partial charge >= 0.3 is 0 Å². The van der Waals surface area contributed by atoms with Crippen LogP contribution in [0.4, 0.5) is 5.69 Å². The normalized spacial score (nSPS) is 12.5. The van der Waals surface area contributed by atoms with E-state index in [0.29, 0.717) is 16.8 Å². The van der Waals surface area contributed by atoms with Gasteiger partial charge in [0.25, 0.3) is 15.9 Å². The molecule has 0 unspecified atom stereocenters. The predicted molar refractivity (Wildman–Crippen MR) is 97.2 cm³/mol. The summed E-state index contributed by atoms with van der Waals surface area (Å²) in [5, 5.41) is 11.6. The monoisotopic (exact) mass is 362 g/mol. The van der Waals surface area contributed by atoms with Crippen LogP contribution in [0, 0.1) is 13.8 Å². The topological polar surface area (TPSA) is 95.5 Å². The maximum atomic E-state index is 12.6. The SMILES string of the molecule is Cc1ccc(C)c(S(=O)(=O)Nc2cccc(C(=O)N[C@H](C)CO)c2)c1. The molecule has 0 heterocycles. The Morgan fingerprint density at radius 2 is 1.88 bits per heavy atom. The van der Waals surface area contributed by atoms with Crippen molar-refractivity contribution in [3.63, 3.8) is 0 Å². The molecule has 2 aromatic carbocycles. The van der Waals surface area contributed by atoms with Crippen LogP contribution in [0.25, 0.3) is 0 Å². The van der Waals surface area contributed by atoms with Gasteiger partial charge in [-0.05, 0) is 56.2 Å². The van der Waals surface area contributed by atoms with E-state index in [1.54, 1.807) is 44.2 Å². The van der Waals surface area contributed by atoms with Gasteiger partial charge in [-0.1, -0.05) is 18.2 Å². The summed E-state index contributed by atoms with van der Waals surface area (Å²) in [7, 11) is -3.76. The second kappa shape index (κ2) is 7.67. The Balaban J connectivity index is 2.27. The van der Waals surface area contributed by atoms with Crippen LogP contribution in [-0.2, 0) is 10.0 Å². The predicted octanol–water partition coefficient (Wildman–Crippen LogP) is 2.21. The van der Waals surface area contributed by atoms with Crippen LogP contribution >= 0.6 is 0 Å². The summed E-state index contributed by atoms with van der Waals surface area (Å²) < 4.78 is 27.8. The number of carbonyl (C=O) groups is 1. The number of aryl methyl sites for hydroxylation is 2. The maximum Gasteiger partial charge on any atom is 0.262 e. The lowest BCUT2D eigenvalue weighted by molar-refractivity contribution is 0.0922. The average molecular weight is 362 g/mol. The Bertz CT molecular complexity index is 878. The zero-order chi connectivity index (χ0) is 18.6. The fourth-order valence-electron chi connectivity index (χ4n) is 2.28. The van der Waals surface area contributed by atoms with Crippen LogP contribution in [-0.4, -0.2) is 32.1 Å². The second-order valence-corrected chi connectivity index (χ2v) is 7.66. The summed E-state index contributed by atoms with van der Waals surface area (Å²) in [6.45, 7) is 5.05. The molecule has 7 heteroatoms. The van der Waals surface area contributed by atoms with Crippen molar-refractivity contribution in [2.24, 2.45) is 0 Å². The molecule has 2 rings (SSSR count). The van der Waals surface area contributed by atoms with E-state index in [0.717, 1.165) is 5.56 Å². The minimum absolute atomic E-state index is 0.176. The number of sulfonamides is 1. The van der Waals surface area contributed by atoms with Crippen molar-refractivity contribution in [1.29, 1.82) is 0 Å².